The van der Waals surface area contributed by atoms with E-state index in [-0.39, 0.29) is 21.7 Å². The fourth-order valence-electron chi connectivity index (χ4n) is 7.97. The maximum absolute atomic E-state index is 2.57. The molecule has 0 saturated carbocycles. The van der Waals surface area contributed by atoms with Crippen molar-refractivity contribution in [3.8, 4) is 22.3 Å². The molecule has 5 aromatic carbocycles. The minimum absolute atomic E-state index is 0.0335. The van der Waals surface area contributed by atoms with Crippen LogP contribution in [0.3, 0.4) is 0 Å². The zero-order valence-electron chi connectivity index (χ0n) is 25.9. The Bertz CT molecular complexity index is 1770. The molecular weight excluding hydrogens is 480 g/mol. The smallest absolute Gasteiger partial charge is 0.0159 e. The summed E-state index contributed by atoms with van der Waals surface area (Å²) in [6, 6.07) is 28.5. The molecule has 0 fully saturated rings. The van der Waals surface area contributed by atoms with Crippen LogP contribution in [0.4, 0.5) is 0 Å². The lowest BCUT2D eigenvalue weighted by Gasteiger charge is -2.44. The predicted octanol–water partition coefficient (Wildman–Crippen LogP) is 11.2. The molecule has 0 atom stereocenters. The van der Waals surface area contributed by atoms with Crippen LogP contribution in [-0.4, -0.2) is 0 Å². The van der Waals surface area contributed by atoms with Crippen LogP contribution in [0.15, 0.2) is 72.8 Å². The molecule has 0 N–H and O–H groups in total. The summed E-state index contributed by atoms with van der Waals surface area (Å²) >= 11 is 0. The van der Waals surface area contributed by atoms with Crippen molar-refractivity contribution in [3.05, 3.63) is 106 Å². The van der Waals surface area contributed by atoms with E-state index in [4.69, 9.17) is 0 Å². The first-order valence-corrected chi connectivity index (χ1v) is 15.0. The zero-order valence-corrected chi connectivity index (χ0v) is 25.9. The minimum atomic E-state index is -0.110. The van der Waals surface area contributed by atoms with Crippen molar-refractivity contribution in [2.24, 2.45) is 0 Å². The Balaban J connectivity index is 1.71. The van der Waals surface area contributed by atoms with Gasteiger partial charge in [0.05, 0.1) is 0 Å². The van der Waals surface area contributed by atoms with Crippen LogP contribution >= 0.6 is 0 Å². The standard InChI is InChI=1S/C40H42/c1-37(2,3)26-16-13-17-27(38(4,5)6)32(26)25-21-30-35-31(22-25)40(9,10)29-19-12-15-24-20-23-14-11-18-28(39(30,7)8)33(23)36(35)34(24)29/h11-22H,1-10H3. The summed E-state index contributed by atoms with van der Waals surface area (Å²) in [5, 5.41) is 5.63. The fourth-order valence-corrected chi connectivity index (χ4v) is 7.97. The number of benzene rings is 5. The number of hydrogen-bond donors (Lipinski definition) is 0. The highest BCUT2D eigenvalue weighted by atomic mass is 14.5. The quantitative estimate of drug-likeness (QED) is 0.192. The Labute approximate surface area is 240 Å². The van der Waals surface area contributed by atoms with Crippen LogP contribution in [0.1, 0.15) is 103 Å². The van der Waals surface area contributed by atoms with E-state index >= 15 is 0 Å². The number of hydrogen-bond acceptors (Lipinski definition) is 0. The largest absolute Gasteiger partial charge is 0.0616 e. The summed E-state index contributed by atoms with van der Waals surface area (Å²) < 4.78 is 0. The molecule has 0 radical (unpaired) electrons. The Hall–Kier alpha value is -3.38. The van der Waals surface area contributed by atoms with Gasteiger partial charge in [-0.3, -0.25) is 0 Å². The Morgan fingerprint density at radius 1 is 0.450 bits per heavy atom. The van der Waals surface area contributed by atoms with Crippen molar-refractivity contribution in [2.75, 3.05) is 0 Å². The maximum atomic E-state index is 2.57. The lowest BCUT2D eigenvalue weighted by Crippen LogP contribution is -2.31. The highest BCUT2D eigenvalue weighted by Gasteiger charge is 2.43. The summed E-state index contributed by atoms with van der Waals surface area (Å²) in [6.45, 7) is 23.9. The molecule has 2 aliphatic carbocycles. The van der Waals surface area contributed by atoms with Crippen molar-refractivity contribution in [3.63, 3.8) is 0 Å². The van der Waals surface area contributed by atoms with Gasteiger partial charge in [0.15, 0.2) is 0 Å². The first kappa shape index (κ1) is 25.6. The molecular formula is C40H42. The summed E-state index contributed by atoms with van der Waals surface area (Å²) in [5.41, 5.74) is 14.3. The Kier molecular flexibility index (Phi) is 4.90. The molecule has 0 aliphatic heterocycles. The summed E-state index contributed by atoms with van der Waals surface area (Å²) in [5.74, 6) is 0. The molecule has 2 aliphatic rings. The van der Waals surface area contributed by atoms with Gasteiger partial charge in [-0.05, 0) is 106 Å². The van der Waals surface area contributed by atoms with Gasteiger partial charge in [-0.15, -0.1) is 0 Å². The monoisotopic (exact) mass is 522 g/mol. The number of rotatable bonds is 1. The van der Waals surface area contributed by atoms with E-state index in [0.29, 0.717) is 0 Å². The minimum Gasteiger partial charge on any atom is -0.0616 e. The third kappa shape index (κ3) is 3.20. The first-order chi connectivity index (χ1) is 18.6. The lowest BCUT2D eigenvalue weighted by atomic mass is 9.59. The Morgan fingerprint density at radius 2 is 0.875 bits per heavy atom. The maximum Gasteiger partial charge on any atom is 0.0159 e. The van der Waals surface area contributed by atoms with Crippen LogP contribution in [0.5, 0.6) is 0 Å². The average Bonchev–Trinajstić information content (AvgIpc) is 2.88. The molecule has 202 valence electrons. The van der Waals surface area contributed by atoms with Gasteiger partial charge in [-0.2, -0.15) is 0 Å². The second-order valence-electron chi connectivity index (χ2n) is 15.5. The fraction of sp³-hybridized carbons (Fsp3) is 0.350. The highest BCUT2D eigenvalue weighted by molar-refractivity contribution is 6.19. The summed E-state index contributed by atoms with van der Waals surface area (Å²) in [6.07, 6.45) is 0. The summed E-state index contributed by atoms with van der Waals surface area (Å²) in [4.78, 5) is 0. The highest BCUT2D eigenvalue weighted by Crippen LogP contribution is 2.59. The van der Waals surface area contributed by atoms with Gasteiger partial charge in [0.2, 0.25) is 0 Å². The van der Waals surface area contributed by atoms with Crippen LogP contribution < -0.4 is 0 Å². The molecule has 0 aromatic heterocycles. The second-order valence-corrected chi connectivity index (χ2v) is 15.5. The molecule has 40 heavy (non-hydrogen) atoms. The molecule has 0 heterocycles. The van der Waals surface area contributed by atoms with E-state index in [0.717, 1.165) is 0 Å². The molecule has 7 rings (SSSR count). The van der Waals surface area contributed by atoms with Crippen LogP contribution in [0.2, 0.25) is 0 Å². The predicted molar refractivity (Wildman–Crippen MR) is 174 cm³/mol. The van der Waals surface area contributed by atoms with Gasteiger partial charge in [-0.25, -0.2) is 0 Å². The second kappa shape index (κ2) is 7.67. The van der Waals surface area contributed by atoms with E-state index in [1.165, 1.54) is 77.2 Å². The van der Waals surface area contributed by atoms with E-state index in [2.05, 4.69) is 142 Å². The van der Waals surface area contributed by atoms with Gasteiger partial charge in [-0.1, -0.05) is 124 Å². The van der Waals surface area contributed by atoms with Crippen molar-refractivity contribution < 1.29 is 0 Å². The van der Waals surface area contributed by atoms with Crippen molar-refractivity contribution in [1.29, 1.82) is 0 Å². The molecule has 0 amide bonds. The SMILES string of the molecule is CC(C)(C)c1cccc(C(C)(C)C)c1-c1cc2c3c(c1)C(C)(C)c1cccc4cc5cccc(c5c-3c14)C2(C)C. The average molecular weight is 523 g/mol. The molecule has 0 nitrogen and oxygen atoms in total. The Morgan fingerprint density at radius 3 is 1.30 bits per heavy atom. The van der Waals surface area contributed by atoms with E-state index < -0.39 is 0 Å². The van der Waals surface area contributed by atoms with E-state index in [1.807, 2.05) is 0 Å². The van der Waals surface area contributed by atoms with Crippen LogP contribution in [-0.2, 0) is 21.7 Å². The zero-order chi connectivity index (χ0) is 28.6. The topological polar surface area (TPSA) is 0 Å². The first-order valence-electron chi connectivity index (χ1n) is 15.0. The molecule has 0 spiro atoms. The van der Waals surface area contributed by atoms with Crippen LogP contribution in [0, 0.1) is 0 Å². The van der Waals surface area contributed by atoms with Crippen molar-refractivity contribution in [1.82, 2.24) is 0 Å². The normalized spacial score (nSPS) is 16.6. The third-order valence-corrected chi connectivity index (χ3v) is 10.1. The van der Waals surface area contributed by atoms with Gasteiger partial charge >= 0.3 is 0 Å². The lowest BCUT2D eigenvalue weighted by molar-refractivity contribution is 0.571. The van der Waals surface area contributed by atoms with Gasteiger partial charge in [0.25, 0.3) is 0 Å². The van der Waals surface area contributed by atoms with E-state index in [9.17, 15) is 0 Å². The van der Waals surface area contributed by atoms with E-state index in [1.54, 1.807) is 0 Å². The summed E-state index contributed by atoms with van der Waals surface area (Å²) in [7, 11) is 0. The molecule has 0 heteroatoms. The van der Waals surface area contributed by atoms with Crippen LogP contribution in [0.25, 0.3) is 43.8 Å². The van der Waals surface area contributed by atoms with Gasteiger partial charge in [0.1, 0.15) is 0 Å². The molecule has 0 unspecified atom stereocenters. The van der Waals surface area contributed by atoms with Gasteiger partial charge in [0, 0.05) is 10.8 Å². The molecule has 0 bridgehead atoms. The van der Waals surface area contributed by atoms with Crippen molar-refractivity contribution in [2.45, 2.75) is 90.9 Å². The third-order valence-electron chi connectivity index (χ3n) is 10.1. The molecule has 0 saturated heterocycles. The van der Waals surface area contributed by atoms with Crippen molar-refractivity contribution >= 4 is 21.5 Å². The van der Waals surface area contributed by atoms with Gasteiger partial charge < -0.3 is 0 Å². The molecule has 5 aromatic rings.